The molecule has 0 fully saturated rings. The topological polar surface area (TPSA) is 88.9 Å². The number of imide groups is 1. The van der Waals surface area contributed by atoms with Crippen molar-refractivity contribution in [1.82, 2.24) is 4.90 Å². The van der Waals surface area contributed by atoms with Crippen molar-refractivity contribution in [3.8, 4) is 17.6 Å². The Kier molecular flexibility index (Phi) is 7.98. The van der Waals surface area contributed by atoms with Gasteiger partial charge in [-0.1, -0.05) is 13.0 Å². The highest BCUT2D eigenvalue weighted by atomic mass is 16.5. The van der Waals surface area contributed by atoms with Crippen molar-refractivity contribution in [2.45, 2.75) is 27.2 Å². The van der Waals surface area contributed by atoms with Gasteiger partial charge in [-0.15, -0.1) is 0 Å². The van der Waals surface area contributed by atoms with Gasteiger partial charge in [0.15, 0.2) is 11.5 Å². The number of benzene rings is 1. The van der Waals surface area contributed by atoms with Gasteiger partial charge >= 0.3 is 0 Å². The number of hydrogen-bond donors (Lipinski definition) is 0. The second kappa shape index (κ2) is 10.4. The maximum Gasteiger partial charge on any atom is 0.271 e. The molecule has 1 aromatic rings. The van der Waals surface area contributed by atoms with Gasteiger partial charge in [-0.2, -0.15) is 5.26 Å². The molecule has 0 unspecified atom stereocenters. The molecule has 7 nitrogen and oxygen atoms in total. The molecule has 154 valence electrons. The summed E-state index contributed by atoms with van der Waals surface area (Å²) < 4.78 is 16.4. The molecule has 0 saturated heterocycles. The van der Waals surface area contributed by atoms with E-state index in [-0.39, 0.29) is 18.7 Å². The average molecular weight is 398 g/mol. The van der Waals surface area contributed by atoms with Crippen molar-refractivity contribution in [3.63, 3.8) is 0 Å². The first-order chi connectivity index (χ1) is 14.0. The summed E-state index contributed by atoms with van der Waals surface area (Å²) in [6.45, 7) is 6.83. The van der Waals surface area contributed by atoms with Gasteiger partial charge in [0.1, 0.15) is 11.6 Å². The van der Waals surface area contributed by atoms with E-state index in [4.69, 9.17) is 14.2 Å². The van der Waals surface area contributed by atoms with Gasteiger partial charge in [0, 0.05) is 12.7 Å². The summed E-state index contributed by atoms with van der Waals surface area (Å²) in [5.74, 6) is 0.163. The first-order valence-electron chi connectivity index (χ1n) is 9.56. The number of amides is 2. The van der Waals surface area contributed by atoms with Crippen LogP contribution in [0, 0.1) is 11.3 Å². The van der Waals surface area contributed by atoms with E-state index in [0.717, 1.165) is 11.3 Å². The molecule has 2 rings (SSSR count). The third-order valence-corrected chi connectivity index (χ3v) is 4.38. The molecule has 0 aromatic heterocycles. The summed E-state index contributed by atoms with van der Waals surface area (Å²) in [6, 6.07) is 7.30. The number of nitriles is 1. The SMILES string of the molecule is CCCOc1ccc(/C=C2/C(=O)N(CCOC)C(=O)C(C#N)=C2C)cc1OCC. The van der Waals surface area contributed by atoms with Crippen LogP contribution in [0.1, 0.15) is 32.8 Å². The summed E-state index contributed by atoms with van der Waals surface area (Å²) in [4.78, 5) is 26.4. The summed E-state index contributed by atoms with van der Waals surface area (Å²) in [5.41, 5.74) is 1.32. The largest absolute Gasteiger partial charge is 0.490 e. The van der Waals surface area contributed by atoms with Crippen molar-refractivity contribution < 1.29 is 23.8 Å². The second-order valence-electron chi connectivity index (χ2n) is 6.41. The Morgan fingerprint density at radius 3 is 2.48 bits per heavy atom. The van der Waals surface area contributed by atoms with Crippen molar-refractivity contribution in [2.24, 2.45) is 0 Å². The number of rotatable bonds is 9. The lowest BCUT2D eigenvalue weighted by Crippen LogP contribution is -2.44. The van der Waals surface area contributed by atoms with Crippen LogP contribution in [0.25, 0.3) is 6.08 Å². The quantitative estimate of drug-likeness (QED) is 0.469. The van der Waals surface area contributed by atoms with E-state index in [9.17, 15) is 14.9 Å². The number of carbonyl (C=O) groups is 2. The van der Waals surface area contributed by atoms with Crippen molar-refractivity contribution >= 4 is 17.9 Å². The fourth-order valence-electron chi connectivity index (χ4n) is 2.90. The Bertz CT molecular complexity index is 880. The smallest absolute Gasteiger partial charge is 0.271 e. The molecule has 1 aromatic carbocycles. The fraction of sp³-hybridized carbons (Fsp3) is 0.409. The molecule has 0 aliphatic carbocycles. The standard InChI is InChI=1S/C22H26N2O5/c1-5-10-29-19-8-7-16(13-20(19)28-6-2)12-17-15(3)18(14-23)22(26)24(21(17)25)9-11-27-4/h7-8,12-13H,5-6,9-11H2,1-4H3/b17-12+. The minimum absolute atomic E-state index is 0.0418. The molecular formula is C22H26N2O5. The average Bonchev–Trinajstić information content (AvgIpc) is 2.71. The number of methoxy groups -OCH3 is 1. The van der Waals surface area contributed by atoms with E-state index in [0.29, 0.717) is 41.4 Å². The molecule has 0 spiro atoms. The van der Waals surface area contributed by atoms with Gasteiger partial charge in [0.2, 0.25) is 0 Å². The highest BCUT2D eigenvalue weighted by Crippen LogP contribution is 2.32. The lowest BCUT2D eigenvalue weighted by molar-refractivity contribution is -0.141. The Hall–Kier alpha value is -3.11. The molecule has 0 saturated carbocycles. The highest BCUT2D eigenvalue weighted by Gasteiger charge is 2.35. The van der Waals surface area contributed by atoms with Gasteiger partial charge in [0.25, 0.3) is 11.8 Å². The molecule has 29 heavy (non-hydrogen) atoms. The van der Waals surface area contributed by atoms with Crippen molar-refractivity contribution in [3.05, 3.63) is 40.5 Å². The fourth-order valence-corrected chi connectivity index (χ4v) is 2.90. The minimum atomic E-state index is -0.595. The van der Waals surface area contributed by atoms with Crippen LogP contribution >= 0.6 is 0 Å². The zero-order valence-electron chi connectivity index (χ0n) is 17.3. The molecule has 7 heteroatoms. The van der Waals surface area contributed by atoms with Gasteiger partial charge in [-0.3, -0.25) is 14.5 Å². The van der Waals surface area contributed by atoms with Crippen LogP contribution in [0.2, 0.25) is 0 Å². The van der Waals surface area contributed by atoms with E-state index in [1.807, 2.05) is 26.0 Å². The van der Waals surface area contributed by atoms with E-state index in [1.54, 1.807) is 25.1 Å². The molecule has 2 amide bonds. The number of carbonyl (C=O) groups excluding carboxylic acids is 2. The van der Waals surface area contributed by atoms with Gasteiger partial charge in [-0.05, 0) is 49.6 Å². The summed E-state index contributed by atoms with van der Waals surface area (Å²) in [6.07, 6.45) is 2.53. The predicted molar refractivity (Wildman–Crippen MR) is 108 cm³/mol. The molecule has 1 heterocycles. The third kappa shape index (κ3) is 5.04. The molecule has 0 atom stereocenters. The summed E-state index contributed by atoms with van der Waals surface area (Å²) in [7, 11) is 1.49. The lowest BCUT2D eigenvalue weighted by atomic mass is 9.93. The van der Waals surface area contributed by atoms with Crippen LogP contribution in [-0.2, 0) is 14.3 Å². The predicted octanol–water partition coefficient (Wildman–Crippen LogP) is 3.11. The molecule has 0 bridgehead atoms. The zero-order valence-corrected chi connectivity index (χ0v) is 17.3. The number of nitrogens with zero attached hydrogens (tertiary/aromatic N) is 2. The first-order valence-corrected chi connectivity index (χ1v) is 9.56. The Balaban J connectivity index is 2.48. The van der Waals surface area contributed by atoms with Crippen LogP contribution in [0.5, 0.6) is 11.5 Å². The molecule has 1 aliphatic rings. The Morgan fingerprint density at radius 1 is 1.10 bits per heavy atom. The molecule has 1 aliphatic heterocycles. The van der Waals surface area contributed by atoms with Crippen molar-refractivity contribution in [1.29, 1.82) is 5.26 Å². The zero-order chi connectivity index (χ0) is 21.4. The van der Waals surface area contributed by atoms with E-state index < -0.39 is 11.8 Å². The van der Waals surface area contributed by atoms with Gasteiger partial charge in [-0.25, -0.2) is 0 Å². The minimum Gasteiger partial charge on any atom is -0.490 e. The number of ether oxygens (including phenoxy) is 3. The van der Waals surface area contributed by atoms with Crippen LogP contribution < -0.4 is 9.47 Å². The van der Waals surface area contributed by atoms with E-state index in [1.165, 1.54) is 7.11 Å². The maximum absolute atomic E-state index is 12.9. The van der Waals surface area contributed by atoms with Gasteiger partial charge < -0.3 is 14.2 Å². The number of hydrogen-bond acceptors (Lipinski definition) is 6. The lowest BCUT2D eigenvalue weighted by Gasteiger charge is -2.27. The van der Waals surface area contributed by atoms with E-state index >= 15 is 0 Å². The monoisotopic (exact) mass is 398 g/mol. The Morgan fingerprint density at radius 2 is 1.86 bits per heavy atom. The van der Waals surface area contributed by atoms with Crippen LogP contribution in [0.4, 0.5) is 0 Å². The molecule has 0 N–H and O–H groups in total. The van der Waals surface area contributed by atoms with Crippen molar-refractivity contribution in [2.75, 3.05) is 33.5 Å². The Labute approximate surface area is 171 Å². The summed E-state index contributed by atoms with van der Waals surface area (Å²) in [5, 5.41) is 9.42. The normalized spacial score (nSPS) is 15.7. The highest BCUT2D eigenvalue weighted by molar-refractivity contribution is 6.19. The first kappa shape index (κ1) is 22.2. The van der Waals surface area contributed by atoms with E-state index in [2.05, 4.69) is 0 Å². The third-order valence-electron chi connectivity index (χ3n) is 4.38. The van der Waals surface area contributed by atoms with Gasteiger partial charge in [0.05, 0.1) is 26.4 Å². The van der Waals surface area contributed by atoms with Crippen LogP contribution in [0.15, 0.2) is 34.9 Å². The maximum atomic E-state index is 12.9. The van der Waals surface area contributed by atoms with Crippen LogP contribution in [-0.4, -0.2) is 50.2 Å². The summed E-state index contributed by atoms with van der Waals surface area (Å²) >= 11 is 0. The van der Waals surface area contributed by atoms with Crippen LogP contribution in [0.3, 0.4) is 0 Å². The second-order valence-corrected chi connectivity index (χ2v) is 6.41. The molecular weight excluding hydrogens is 372 g/mol. The molecule has 0 radical (unpaired) electrons.